The van der Waals surface area contributed by atoms with Crippen LogP contribution in [0.4, 0.5) is 0 Å². The minimum atomic E-state index is -5.02. The summed E-state index contributed by atoms with van der Waals surface area (Å²) >= 11 is 0. The van der Waals surface area contributed by atoms with Crippen molar-refractivity contribution in [3.63, 3.8) is 0 Å². The second kappa shape index (κ2) is 82.9. The van der Waals surface area contributed by atoms with Crippen LogP contribution in [0, 0.1) is 0 Å². The SMILES string of the molecule is CC/C=C\C/C=C\C/C=C\C/C=C\C/C=C\CCCCCC(=O)OC[C@H](COP(=O)(O)OC[C@@H](O)COP(=O)(O)OC[C@@H](COC(=O)CC/C=C\C/C=C\C/C=C\C/C=C\C/C=C\CCCCC)OC(=O)CCCCCCC/C=C\CCCCCCCC)OC(=O)CCCCC/C=C\C/C=C\C/C=C\C/C=C\C/C=C\CC. The highest BCUT2D eigenvalue weighted by atomic mass is 31.2. The number of aliphatic hydroxyl groups excluding tert-OH is 1. The molecule has 0 amide bonds. The first-order valence-corrected chi connectivity index (χ1v) is 45.7. The summed E-state index contributed by atoms with van der Waals surface area (Å²) in [4.78, 5) is 73.2. The first-order valence-electron chi connectivity index (χ1n) is 42.7. The number of allylic oxidation sites excluding steroid dienone is 32. The number of esters is 4. The average molecular weight is 1600 g/mol. The van der Waals surface area contributed by atoms with Crippen LogP contribution < -0.4 is 0 Å². The van der Waals surface area contributed by atoms with Gasteiger partial charge in [0.25, 0.3) is 0 Å². The zero-order valence-electron chi connectivity index (χ0n) is 69.5. The Kier molecular flexibility index (Phi) is 78.4. The molecular weight excluding hydrogens is 1450 g/mol. The van der Waals surface area contributed by atoms with E-state index in [1.807, 2.05) is 12.2 Å². The molecule has 2 unspecified atom stereocenters. The molecule has 0 fully saturated rings. The van der Waals surface area contributed by atoms with Crippen molar-refractivity contribution in [2.24, 2.45) is 0 Å². The van der Waals surface area contributed by atoms with Gasteiger partial charge in [-0.25, -0.2) is 9.13 Å². The fourth-order valence-electron chi connectivity index (χ4n) is 10.6. The monoisotopic (exact) mass is 1600 g/mol. The molecule has 0 radical (unpaired) electrons. The normalized spacial score (nSPS) is 14.7. The molecule has 0 heterocycles. The zero-order chi connectivity index (χ0) is 81.7. The van der Waals surface area contributed by atoms with Gasteiger partial charge in [0, 0.05) is 25.7 Å². The number of aliphatic hydroxyl groups is 1. The van der Waals surface area contributed by atoms with E-state index in [0.717, 1.165) is 167 Å². The second-order valence-electron chi connectivity index (χ2n) is 27.6. The Morgan fingerprint density at radius 3 is 0.804 bits per heavy atom. The van der Waals surface area contributed by atoms with E-state index < -0.39 is 97.5 Å². The summed E-state index contributed by atoms with van der Waals surface area (Å²) < 4.78 is 68.7. The number of hydrogen-bond donors (Lipinski definition) is 3. The lowest BCUT2D eigenvalue weighted by molar-refractivity contribution is -0.161. The molecule has 0 spiro atoms. The van der Waals surface area contributed by atoms with Crippen LogP contribution in [-0.4, -0.2) is 96.7 Å². The Balaban J connectivity index is 5.54. The highest BCUT2D eigenvalue weighted by Crippen LogP contribution is 2.45. The fraction of sp³-hybridized carbons (Fsp3) is 0.613. The van der Waals surface area contributed by atoms with Crippen LogP contribution in [0.25, 0.3) is 0 Å². The number of carbonyl (C=O) groups is 4. The molecule has 0 rings (SSSR count). The summed E-state index contributed by atoms with van der Waals surface area (Å²) in [5, 5.41) is 10.7. The summed E-state index contributed by atoms with van der Waals surface area (Å²) in [6, 6.07) is 0. The third-order valence-electron chi connectivity index (χ3n) is 17.0. The lowest BCUT2D eigenvalue weighted by atomic mass is 10.1. The van der Waals surface area contributed by atoms with E-state index in [2.05, 4.69) is 210 Å². The maximum Gasteiger partial charge on any atom is 0.472 e. The predicted molar refractivity (Wildman–Crippen MR) is 463 cm³/mol. The van der Waals surface area contributed by atoms with Gasteiger partial charge in [-0.3, -0.25) is 37.3 Å². The fourth-order valence-corrected chi connectivity index (χ4v) is 12.2. The molecule has 3 N–H and O–H groups in total. The molecule has 0 bridgehead atoms. The minimum Gasteiger partial charge on any atom is -0.462 e. The number of phosphoric ester groups is 2. The first-order chi connectivity index (χ1) is 54.7. The number of carbonyl (C=O) groups excluding carboxylic acids is 4. The van der Waals surface area contributed by atoms with E-state index >= 15 is 0 Å². The van der Waals surface area contributed by atoms with Crippen molar-refractivity contribution in [1.82, 2.24) is 0 Å². The molecule has 112 heavy (non-hydrogen) atoms. The summed E-state index contributed by atoms with van der Waals surface area (Å²) in [6.07, 6.45) is 103. The largest absolute Gasteiger partial charge is 0.472 e. The molecule has 0 aromatic carbocycles. The maximum absolute atomic E-state index is 13.1. The van der Waals surface area contributed by atoms with E-state index in [0.29, 0.717) is 32.1 Å². The van der Waals surface area contributed by atoms with Crippen LogP contribution in [0.1, 0.15) is 310 Å². The Labute approximate surface area is 678 Å². The van der Waals surface area contributed by atoms with E-state index in [4.69, 9.17) is 37.0 Å². The third kappa shape index (κ3) is 81.9. The van der Waals surface area contributed by atoms with Crippen molar-refractivity contribution in [3.05, 3.63) is 194 Å². The van der Waals surface area contributed by atoms with Crippen LogP contribution in [-0.2, 0) is 65.4 Å². The smallest absolute Gasteiger partial charge is 0.462 e. The predicted octanol–water partition coefficient (Wildman–Crippen LogP) is 25.7. The van der Waals surface area contributed by atoms with Crippen molar-refractivity contribution in [1.29, 1.82) is 0 Å². The van der Waals surface area contributed by atoms with Gasteiger partial charge in [-0.1, -0.05) is 299 Å². The van der Waals surface area contributed by atoms with Crippen molar-refractivity contribution in [3.8, 4) is 0 Å². The summed E-state index contributed by atoms with van der Waals surface area (Å²) in [5.74, 6) is -2.37. The number of hydrogen-bond acceptors (Lipinski definition) is 15. The van der Waals surface area contributed by atoms with E-state index in [9.17, 15) is 43.2 Å². The third-order valence-corrected chi connectivity index (χ3v) is 18.9. The van der Waals surface area contributed by atoms with E-state index in [1.165, 1.54) is 57.8 Å². The van der Waals surface area contributed by atoms with Crippen molar-refractivity contribution in [2.45, 2.75) is 329 Å². The van der Waals surface area contributed by atoms with Crippen molar-refractivity contribution >= 4 is 39.5 Å². The Hall–Kier alpha value is -6.10. The summed E-state index contributed by atoms with van der Waals surface area (Å²) in [5.41, 5.74) is 0. The topological polar surface area (TPSA) is 237 Å². The molecule has 0 saturated heterocycles. The van der Waals surface area contributed by atoms with Gasteiger partial charge < -0.3 is 33.8 Å². The molecule has 0 aliphatic carbocycles. The molecule has 0 aliphatic heterocycles. The zero-order valence-corrected chi connectivity index (χ0v) is 71.3. The molecule has 0 aliphatic rings. The lowest BCUT2D eigenvalue weighted by Crippen LogP contribution is -2.30. The Morgan fingerprint density at radius 1 is 0.259 bits per heavy atom. The van der Waals surface area contributed by atoms with Crippen molar-refractivity contribution in [2.75, 3.05) is 39.6 Å². The van der Waals surface area contributed by atoms with Gasteiger partial charge in [-0.2, -0.15) is 0 Å². The number of phosphoric acid groups is 2. The molecule has 17 nitrogen and oxygen atoms in total. The molecule has 0 aromatic rings. The van der Waals surface area contributed by atoms with Crippen LogP contribution in [0.5, 0.6) is 0 Å². The van der Waals surface area contributed by atoms with Gasteiger partial charge >= 0.3 is 39.5 Å². The van der Waals surface area contributed by atoms with Crippen LogP contribution in [0.3, 0.4) is 0 Å². The Bertz CT molecular complexity index is 2890. The van der Waals surface area contributed by atoms with Crippen LogP contribution in [0.15, 0.2) is 194 Å². The highest BCUT2D eigenvalue weighted by molar-refractivity contribution is 7.47. The van der Waals surface area contributed by atoms with Gasteiger partial charge in [0.15, 0.2) is 12.2 Å². The number of rotatable bonds is 78. The second-order valence-corrected chi connectivity index (χ2v) is 30.6. The minimum absolute atomic E-state index is 0.0291. The first kappa shape index (κ1) is 106. The van der Waals surface area contributed by atoms with Gasteiger partial charge in [0.2, 0.25) is 0 Å². The number of ether oxygens (including phenoxy) is 4. The molecular formula is C93H150O17P2. The number of unbranched alkanes of at least 4 members (excludes halogenated alkanes) is 20. The quantitative estimate of drug-likeness (QED) is 0.0169. The van der Waals surface area contributed by atoms with Gasteiger partial charge in [0.05, 0.1) is 26.4 Å². The molecule has 0 saturated carbocycles. The van der Waals surface area contributed by atoms with Crippen LogP contribution >= 0.6 is 15.6 Å². The Morgan fingerprint density at radius 2 is 0.482 bits per heavy atom. The highest BCUT2D eigenvalue weighted by Gasteiger charge is 2.30. The van der Waals surface area contributed by atoms with Crippen LogP contribution in [0.2, 0.25) is 0 Å². The van der Waals surface area contributed by atoms with Gasteiger partial charge in [-0.05, 0) is 180 Å². The molecule has 634 valence electrons. The standard InChI is InChI=1S/C93H150O17P2/c1-5-9-13-17-21-25-29-33-37-40-43-46-50-53-57-61-65-69-73-77-90(95)103-83-88(109-92(97)79-75-71-67-63-59-55-49-36-32-28-24-20-16-12-8-4)85-107-111(99,100)105-81-87(94)82-106-112(101,102)108-86-89(110-93(98)80-76-72-68-64-60-56-52-48-45-42-39-35-31-27-23-19-15-11-7-3)84-104-91(96)78-74-70-66-62-58-54-51-47-44-41-38-34-30-26-22-18-14-10-6-2/h10-11,14-15,21-23,25-27,33-39,43-49,53-54,56-58,60,65,69,87-89,94H,5-9,12-13,16-20,24,28-32,40-42,50-52,55,59,61-64,66-68,70-86H2,1-4H3,(H,99,100)(H,101,102)/b14-10-,15-11-,25-21-,26-22-,27-23-,37-33-,38-34-,39-35-,46-43-,47-44-,48-45-,49-36-,57-53-,58-54-,60-56-,69-65-/t87-,88+,89+/m0/s1. The summed E-state index contributed by atoms with van der Waals surface area (Å²) in [6.45, 7) is 4.44. The molecule has 5 atom stereocenters. The van der Waals surface area contributed by atoms with Gasteiger partial charge in [0.1, 0.15) is 19.3 Å². The summed E-state index contributed by atoms with van der Waals surface area (Å²) in [7, 11) is -10.0. The average Bonchev–Trinajstić information content (AvgIpc) is 0.898. The molecule has 19 heteroatoms. The lowest BCUT2D eigenvalue weighted by Gasteiger charge is -2.21. The maximum atomic E-state index is 13.1. The molecule has 0 aromatic heterocycles. The van der Waals surface area contributed by atoms with Crippen molar-refractivity contribution < 1.29 is 80.2 Å². The van der Waals surface area contributed by atoms with Gasteiger partial charge in [-0.15, -0.1) is 0 Å². The van der Waals surface area contributed by atoms with E-state index in [1.54, 1.807) is 0 Å². The van der Waals surface area contributed by atoms with E-state index in [-0.39, 0.29) is 25.7 Å².